The van der Waals surface area contributed by atoms with Crippen molar-refractivity contribution in [3.8, 4) is 0 Å². The van der Waals surface area contributed by atoms with Gasteiger partial charge in [-0.3, -0.25) is 14.3 Å². The lowest BCUT2D eigenvalue weighted by atomic mass is 10.1. The van der Waals surface area contributed by atoms with E-state index in [1.165, 1.54) is 21.8 Å². The molecule has 0 aliphatic rings. The van der Waals surface area contributed by atoms with Crippen LogP contribution >= 0.6 is 11.8 Å². The highest BCUT2D eigenvalue weighted by Crippen LogP contribution is 2.18. The molecule has 0 fully saturated rings. The van der Waals surface area contributed by atoms with Gasteiger partial charge in [-0.15, -0.1) is 0 Å². The number of hydrogen-bond acceptors (Lipinski definition) is 6. The molecule has 0 radical (unpaired) electrons. The zero-order valence-corrected chi connectivity index (χ0v) is 18.4. The zero-order chi connectivity index (χ0) is 21.2. The van der Waals surface area contributed by atoms with Crippen molar-refractivity contribution in [1.82, 2.24) is 9.55 Å². The predicted octanol–water partition coefficient (Wildman–Crippen LogP) is 3.28. The lowest BCUT2D eigenvalue weighted by molar-refractivity contribution is -0.120. The Bertz CT molecular complexity index is 857. The fourth-order valence-electron chi connectivity index (χ4n) is 2.94. The molecule has 0 saturated carbocycles. The van der Waals surface area contributed by atoms with E-state index in [-0.39, 0.29) is 11.8 Å². The molecule has 2 N–H and O–H groups in total. The number of nitrogens with one attached hydrogen (secondary N) is 2. The summed E-state index contributed by atoms with van der Waals surface area (Å²) in [6.07, 6.45) is 0.656. The second kappa shape index (κ2) is 11.8. The number of ether oxygens (including phenoxy) is 2. The van der Waals surface area contributed by atoms with E-state index in [1.54, 1.807) is 11.8 Å². The van der Waals surface area contributed by atoms with Crippen LogP contribution in [0.5, 0.6) is 0 Å². The Hall–Kier alpha value is -2.03. The average Bonchev–Trinajstić information content (AvgIpc) is 2.68. The maximum Gasteiger partial charge on any atom is 0.329 e. The van der Waals surface area contributed by atoms with Crippen LogP contribution in [0.3, 0.4) is 0 Å². The van der Waals surface area contributed by atoms with Gasteiger partial charge in [-0.1, -0.05) is 13.0 Å². The highest BCUT2D eigenvalue weighted by atomic mass is 32.2. The first-order valence-corrected chi connectivity index (χ1v) is 11.2. The number of anilines is 2. The van der Waals surface area contributed by atoms with Gasteiger partial charge >= 0.3 is 5.69 Å². The molecule has 2 rings (SSSR count). The summed E-state index contributed by atoms with van der Waals surface area (Å²) in [4.78, 5) is 27.5. The summed E-state index contributed by atoms with van der Waals surface area (Å²) in [5.74, 6) is 1.66. The molecule has 160 valence electrons. The highest BCUT2D eigenvalue weighted by molar-refractivity contribution is 7.99. The minimum absolute atomic E-state index is 0.265. The van der Waals surface area contributed by atoms with Crippen LogP contribution < -0.4 is 16.6 Å². The van der Waals surface area contributed by atoms with Gasteiger partial charge in [0.2, 0.25) is 0 Å². The Morgan fingerprint density at radius 2 is 1.86 bits per heavy atom. The summed E-state index contributed by atoms with van der Waals surface area (Å²) < 4.78 is 12.2. The van der Waals surface area contributed by atoms with Gasteiger partial charge in [0.15, 0.2) is 6.29 Å². The van der Waals surface area contributed by atoms with Crippen LogP contribution in [-0.2, 0) is 22.4 Å². The molecular formula is C21H31N3O4S. The second-order valence-electron chi connectivity index (χ2n) is 6.51. The molecule has 7 nitrogen and oxygen atoms in total. The van der Waals surface area contributed by atoms with Crippen molar-refractivity contribution in [3.05, 3.63) is 56.2 Å². The van der Waals surface area contributed by atoms with E-state index in [2.05, 4.69) is 24.1 Å². The maximum atomic E-state index is 12.4. The van der Waals surface area contributed by atoms with Crippen LogP contribution in [0.1, 0.15) is 31.9 Å². The molecule has 0 atom stereocenters. The van der Waals surface area contributed by atoms with Crippen molar-refractivity contribution in [2.75, 3.05) is 30.0 Å². The van der Waals surface area contributed by atoms with Gasteiger partial charge in [-0.05, 0) is 50.5 Å². The van der Waals surface area contributed by atoms with Gasteiger partial charge in [0.1, 0.15) is 5.82 Å². The number of hydrogen-bond donors (Lipinski definition) is 2. The fourth-order valence-corrected chi connectivity index (χ4v) is 3.80. The van der Waals surface area contributed by atoms with E-state index in [9.17, 15) is 9.59 Å². The van der Waals surface area contributed by atoms with Crippen molar-refractivity contribution in [3.63, 3.8) is 0 Å². The van der Waals surface area contributed by atoms with E-state index in [4.69, 9.17) is 9.47 Å². The van der Waals surface area contributed by atoms with E-state index in [1.807, 2.05) is 32.0 Å². The van der Waals surface area contributed by atoms with E-state index in [0.717, 1.165) is 12.1 Å². The summed E-state index contributed by atoms with van der Waals surface area (Å²) in [6.45, 7) is 9.50. The second-order valence-corrected chi connectivity index (χ2v) is 7.66. The molecule has 0 bridgehead atoms. The molecule has 0 aliphatic carbocycles. The standard InChI is InChI=1S/C21H31N3O4S/c1-5-16-12-17(9-8-15(16)4)22-18-13-19(25)24(21(26)23-18)10-11-29-14-20(27-6-2)28-7-3/h8-9,12-13,20,22H,5-7,10-11,14H2,1-4H3,(H,23,26). The predicted molar refractivity (Wildman–Crippen MR) is 120 cm³/mol. The smallest absolute Gasteiger partial charge is 0.329 e. The molecule has 8 heteroatoms. The van der Waals surface area contributed by atoms with Crippen LogP contribution in [0.4, 0.5) is 11.5 Å². The molecule has 0 saturated heterocycles. The van der Waals surface area contributed by atoms with Gasteiger partial charge < -0.3 is 14.8 Å². The third-order valence-corrected chi connectivity index (χ3v) is 5.43. The Kier molecular flexibility index (Phi) is 9.50. The van der Waals surface area contributed by atoms with Gasteiger partial charge in [0, 0.05) is 43.0 Å². The molecule has 0 amide bonds. The first-order valence-electron chi connectivity index (χ1n) is 10.00. The third-order valence-electron chi connectivity index (χ3n) is 4.45. The molecule has 0 spiro atoms. The number of aromatic nitrogens is 2. The van der Waals surface area contributed by atoms with Crippen LogP contribution in [0, 0.1) is 6.92 Å². The molecule has 0 aliphatic heterocycles. The Morgan fingerprint density at radius 1 is 1.14 bits per heavy atom. The first kappa shape index (κ1) is 23.3. The number of aromatic amines is 1. The maximum absolute atomic E-state index is 12.4. The van der Waals surface area contributed by atoms with Crippen LogP contribution in [0.25, 0.3) is 0 Å². The number of nitrogens with zero attached hydrogens (tertiary/aromatic N) is 1. The lowest BCUT2D eigenvalue weighted by Crippen LogP contribution is -2.35. The topological polar surface area (TPSA) is 85.4 Å². The minimum atomic E-state index is -0.422. The van der Waals surface area contributed by atoms with Crippen LogP contribution in [0.2, 0.25) is 0 Å². The van der Waals surface area contributed by atoms with E-state index in [0.29, 0.717) is 37.1 Å². The SMILES string of the molecule is CCOC(CSCCn1c(=O)cc(Nc2ccc(C)c(CC)c2)[nH]c1=O)OCC. The summed E-state index contributed by atoms with van der Waals surface area (Å²) in [5, 5.41) is 3.12. The molecule has 29 heavy (non-hydrogen) atoms. The fraction of sp³-hybridized carbons (Fsp3) is 0.524. The van der Waals surface area contributed by atoms with Crippen molar-refractivity contribution in [1.29, 1.82) is 0 Å². The van der Waals surface area contributed by atoms with Crippen LogP contribution in [-0.4, -0.2) is 40.6 Å². The zero-order valence-electron chi connectivity index (χ0n) is 17.6. The van der Waals surface area contributed by atoms with Crippen molar-refractivity contribution >= 4 is 23.3 Å². The summed E-state index contributed by atoms with van der Waals surface area (Å²) in [5.41, 5.74) is 2.53. The molecule has 1 aromatic carbocycles. The number of rotatable bonds is 12. The van der Waals surface area contributed by atoms with Gasteiger partial charge in [0.05, 0.1) is 0 Å². The largest absolute Gasteiger partial charge is 0.352 e. The number of H-pyrrole nitrogens is 1. The molecule has 0 unspecified atom stereocenters. The lowest BCUT2D eigenvalue weighted by Gasteiger charge is -2.16. The molecule has 1 heterocycles. The summed E-state index contributed by atoms with van der Waals surface area (Å²) in [6, 6.07) is 7.40. The van der Waals surface area contributed by atoms with Gasteiger partial charge in [-0.2, -0.15) is 11.8 Å². The number of thioether (sulfide) groups is 1. The van der Waals surface area contributed by atoms with Crippen molar-refractivity contribution in [2.24, 2.45) is 0 Å². The van der Waals surface area contributed by atoms with Crippen LogP contribution in [0.15, 0.2) is 33.9 Å². The molecular weight excluding hydrogens is 390 g/mol. The summed E-state index contributed by atoms with van der Waals surface area (Å²) >= 11 is 1.59. The van der Waals surface area contributed by atoms with E-state index < -0.39 is 5.69 Å². The summed E-state index contributed by atoms with van der Waals surface area (Å²) in [7, 11) is 0. The first-order chi connectivity index (χ1) is 14.0. The normalized spacial score (nSPS) is 11.2. The third kappa shape index (κ3) is 7.06. The Morgan fingerprint density at radius 3 is 2.48 bits per heavy atom. The highest BCUT2D eigenvalue weighted by Gasteiger charge is 2.09. The monoisotopic (exact) mass is 421 g/mol. The minimum Gasteiger partial charge on any atom is -0.352 e. The Labute approximate surface area is 175 Å². The van der Waals surface area contributed by atoms with Gasteiger partial charge in [0.25, 0.3) is 5.56 Å². The number of aryl methyl sites for hydroxylation is 2. The van der Waals surface area contributed by atoms with Crippen molar-refractivity contribution in [2.45, 2.75) is 47.0 Å². The molecule has 1 aromatic heterocycles. The quantitative estimate of drug-likeness (QED) is 0.404. The average molecular weight is 422 g/mol. The molecule has 2 aromatic rings. The van der Waals surface area contributed by atoms with Gasteiger partial charge in [-0.25, -0.2) is 4.79 Å². The van der Waals surface area contributed by atoms with Crippen molar-refractivity contribution < 1.29 is 9.47 Å². The number of benzene rings is 1. The Balaban J connectivity index is 1.98. The van der Waals surface area contributed by atoms with E-state index >= 15 is 0 Å².